The lowest BCUT2D eigenvalue weighted by atomic mass is 10.2. The molecule has 17 heavy (non-hydrogen) atoms. The molecule has 3 N–H and O–H groups in total. The Morgan fingerprint density at radius 1 is 1.47 bits per heavy atom. The maximum absolute atomic E-state index is 11.6. The van der Waals surface area contributed by atoms with Crippen LogP contribution < -0.4 is 11.2 Å². The van der Waals surface area contributed by atoms with Gasteiger partial charge in [-0.1, -0.05) is 0 Å². The highest BCUT2D eigenvalue weighted by Crippen LogP contribution is 2.18. The van der Waals surface area contributed by atoms with Gasteiger partial charge in [0.1, 0.15) is 0 Å². The summed E-state index contributed by atoms with van der Waals surface area (Å²) < 4.78 is 0.910. The first kappa shape index (κ1) is 11.5. The predicted molar refractivity (Wildman–Crippen MR) is 62.2 cm³/mol. The third-order valence-electron chi connectivity index (χ3n) is 1.97. The van der Waals surface area contributed by atoms with Crippen molar-refractivity contribution in [1.29, 1.82) is 0 Å². The molecular formula is C10H9N3O3S. The van der Waals surface area contributed by atoms with E-state index < -0.39 is 11.8 Å². The minimum atomic E-state index is -0.650. The number of hydrogen-bond acceptors (Lipinski definition) is 5. The molecule has 0 aliphatic heterocycles. The number of hydrogen-bond donors (Lipinski definition) is 2. The number of benzene rings is 1. The Morgan fingerprint density at radius 3 is 3.06 bits per heavy atom. The molecule has 6 nitrogen and oxygen atoms in total. The van der Waals surface area contributed by atoms with Crippen LogP contribution in [0, 0.1) is 0 Å². The Bertz CT molecular complexity index is 567. The van der Waals surface area contributed by atoms with Gasteiger partial charge in [-0.05, 0) is 18.2 Å². The Labute approximate surface area is 100 Å². The summed E-state index contributed by atoms with van der Waals surface area (Å²) >= 11 is 1.44. The van der Waals surface area contributed by atoms with Gasteiger partial charge in [0.05, 0.1) is 15.7 Å². The number of nitrogens with zero attached hydrogens (tertiary/aromatic N) is 1. The molecule has 2 rings (SSSR count). The number of thiazole rings is 1. The van der Waals surface area contributed by atoms with E-state index in [4.69, 9.17) is 5.73 Å². The number of primary amides is 1. The number of hydroxylamine groups is 1. The third-order valence-corrected chi connectivity index (χ3v) is 2.76. The monoisotopic (exact) mass is 251 g/mol. The maximum Gasteiger partial charge on any atom is 0.274 e. The topological polar surface area (TPSA) is 94.3 Å². The number of nitrogens with one attached hydrogen (secondary N) is 1. The second-order valence-corrected chi connectivity index (χ2v) is 4.11. The van der Waals surface area contributed by atoms with Gasteiger partial charge >= 0.3 is 0 Å². The molecule has 88 valence electrons. The molecule has 1 heterocycles. The summed E-state index contributed by atoms with van der Waals surface area (Å²) in [6.07, 6.45) is 0. The van der Waals surface area contributed by atoms with Crippen LogP contribution in [-0.4, -0.2) is 23.4 Å². The van der Waals surface area contributed by atoms with E-state index in [1.165, 1.54) is 11.3 Å². The Balaban J connectivity index is 2.05. The molecule has 7 heteroatoms. The van der Waals surface area contributed by atoms with E-state index in [0.29, 0.717) is 5.56 Å². The normalized spacial score (nSPS) is 10.4. The van der Waals surface area contributed by atoms with Crippen molar-refractivity contribution in [3.8, 4) is 0 Å². The minimum Gasteiger partial charge on any atom is -0.368 e. The first-order valence-corrected chi connectivity index (χ1v) is 5.58. The molecule has 0 spiro atoms. The summed E-state index contributed by atoms with van der Waals surface area (Å²) in [6.45, 7) is -0.353. The highest BCUT2D eigenvalue weighted by molar-refractivity contribution is 7.16. The Hall–Kier alpha value is -1.99. The van der Waals surface area contributed by atoms with Gasteiger partial charge in [0.25, 0.3) is 5.91 Å². The summed E-state index contributed by atoms with van der Waals surface area (Å²) in [6, 6.07) is 5.08. The molecule has 2 amide bonds. The highest BCUT2D eigenvalue weighted by atomic mass is 32.1. The molecule has 0 atom stereocenters. The van der Waals surface area contributed by atoms with Gasteiger partial charge in [-0.2, -0.15) is 0 Å². The van der Waals surface area contributed by atoms with E-state index in [-0.39, 0.29) is 6.61 Å². The molecule has 0 unspecified atom stereocenters. The molecule has 0 aliphatic rings. The lowest BCUT2D eigenvalue weighted by molar-refractivity contribution is -0.124. The second-order valence-electron chi connectivity index (χ2n) is 3.22. The fraction of sp³-hybridized carbons (Fsp3) is 0.100. The molecule has 0 saturated heterocycles. The van der Waals surface area contributed by atoms with Crippen LogP contribution in [0.15, 0.2) is 23.7 Å². The van der Waals surface area contributed by atoms with Crippen molar-refractivity contribution in [2.75, 3.05) is 6.61 Å². The van der Waals surface area contributed by atoms with Gasteiger partial charge in [-0.15, -0.1) is 11.3 Å². The molecule has 2 aromatic rings. The molecule has 0 fully saturated rings. The maximum atomic E-state index is 11.6. The zero-order chi connectivity index (χ0) is 12.3. The largest absolute Gasteiger partial charge is 0.368 e. The van der Waals surface area contributed by atoms with Crippen LogP contribution in [0.5, 0.6) is 0 Å². The van der Waals surface area contributed by atoms with Crippen LogP contribution >= 0.6 is 11.3 Å². The standard InChI is InChI=1S/C10H9N3O3S/c11-9(14)4-16-13-10(15)6-1-2-7-8(3-6)17-5-12-7/h1-3,5H,4H2,(H2,11,14)(H,13,15). The van der Waals surface area contributed by atoms with Crippen LogP contribution in [0.4, 0.5) is 0 Å². The fourth-order valence-corrected chi connectivity index (χ4v) is 1.94. The quantitative estimate of drug-likeness (QED) is 0.771. The zero-order valence-corrected chi connectivity index (χ0v) is 9.49. The van der Waals surface area contributed by atoms with E-state index in [0.717, 1.165) is 10.2 Å². The van der Waals surface area contributed by atoms with E-state index >= 15 is 0 Å². The van der Waals surface area contributed by atoms with E-state index in [1.807, 2.05) is 0 Å². The number of amides is 2. The molecule has 0 saturated carbocycles. The van der Waals surface area contributed by atoms with Crippen molar-refractivity contribution in [1.82, 2.24) is 10.5 Å². The van der Waals surface area contributed by atoms with Crippen molar-refractivity contribution >= 4 is 33.4 Å². The predicted octanol–water partition coefficient (Wildman–Crippen LogP) is 0.443. The molecular weight excluding hydrogens is 242 g/mol. The van der Waals surface area contributed by atoms with Gasteiger partial charge < -0.3 is 5.73 Å². The summed E-state index contributed by atoms with van der Waals surface area (Å²) in [4.78, 5) is 30.7. The number of rotatable bonds is 4. The summed E-state index contributed by atoms with van der Waals surface area (Å²) in [7, 11) is 0. The lowest BCUT2D eigenvalue weighted by Crippen LogP contribution is -2.29. The van der Waals surface area contributed by atoms with Gasteiger partial charge in [-0.3, -0.25) is 14.4 Å². The van der Waals surface area contributed by atoms with Gasteiger partial charge in [-0.25, -0.2) is 10.5 Å². The Kier molecular flexibility index (Phi) is 3.31. The number of carbonyl (C=O) groups excluding carboxylic acids is 2. The molecule has 0 aliphatic carbocycles. The van der Waals surface area contributed by atoms with E-state index in [2.05, 4.69) is 15.3 Å². The summed E-state index contributed by atoms with van der Waals surface area (Å²) in [5.41, 5.74) is 9.97. The zero-order valence-electron chi connectivity index (χ0n) is 8.67. The van der Waals surface area contributed by atoms with Crippen molar-refractivity contribution in [2.24, 2.45) is 5.73 Å². The number of aromatic nitrogens is 1. The van der Waals surface area contributed by atoms with Gasteiger partial charge in [0.2, 0.25) is 5.91 Å². The SMILES string of the molecule is NC(=O)CONC(=O)c1ccc2ncsc2c1. The first-order valence-electron chi connectivity index (χ1n) is 4.70. The third kappa shape index (κ3) is 2.77. The van der Waals surface area contributed by atoms with E-state index in [1.54, 1.807) is 23.7 Å². The van der Waals surface area contributed by atoms with E-state index in [9.17, 15) is 9.59 Å². The minimum absolute atomic E-state index is 0.353. The summed E-state index contributed by atoms with van der Waals surface area (Å²) in [5, 5.41) is 0. The smallest absolute Gasteiger partial charge is 0.274 e. The van der Waals surface area contributed by atoms with Crippen molar-refractivity contribution < 1.29 is 14.4 Å². The second kappa shape index (κ2) is 4.89. The van der Waals surface area contributed by atoms with Crippen molar-refractivity contribution in [3.63, 3.8) is 0 Å². The molecule has 0 radical (unpaired) electrons. The average molecular weight is 251 g/mol. The van der Waals surface area contributed by atoms with Crippen LogP contribution in [0.2, 0.25) is 0 Å². The van der Waals surface area contributed by atoms with Gasteiger partial charge in [0, 0.05) is 5.56 Å². The van der Waals surface area contributed by atoms with Crippen LogP contribution in [0.1, 0.15) is 10.4 Å². The van der Waals surface area contributed by atoms with Crippen LogP contribution in [-0.2, 0) is 9.63 Å². The van der Waals surface area contributed by atoms with Crippen LogP contribution in [0.25, 0.3) is 10.2 Å². The first-order chi connectivity index (χ1) is 8.16. The molecule has 0 bridgehead atoms. The number of nitrogens with two attached hydrogens (primary N) is 1. The summed E-state index contributed by atoms with van der Waals surface area (Å²) in [5.74, 6) is -1.08. The van der Waals surface area contributed by atoms with Gasteiger partial charge in [0.15, 0.2) is 6.61 Å². The highest BCUT2D eigenvalue weighted by Gasteiger charge is 2.07. The molecule has 1 aromatic carbocycles. The number of fused-ring (bicyclic) bond motifs is 1. The van der Waals surface area contributed by atoms with Crippen molar-refractivity contribution in [3.05, 3.63) is 29.3 Å². The number of carbonyl (C=O) groups is 2. The van der Waals surface area contributed by atoms with Crippen molar-refractivity contribution in [2.45, 2.75) is 0 Å². The lowest BCUT2D eigenvalue weighted by Gasteiger charge is -2.03. The fourth-order valence-electron chi connectivity index (χ4n) is 1.23. The average Bonchev–Trinajstić information content (AvgIpc) is 2.75. The van der Waals surface area contributed by atoms with Crippen LogP contribution in [0.3, 0.4) is 0 Å². The molecule has 1 aromatic heterocycles. The Morgan fingerprint density at radius 2 is 2.29 bits per heavy atom.